The van der Waals surface area contributed by atoms with Gasteiger partial charge in [-0.3, -0.25) is 9.78 Å². The van der Waals surface area contributed by atoms with E-state index in [4.69, 9.17) is 4.52 Å². The first-order valence-electron chi connectivity index (χ1n) is 7.23. The molecule has 21 heavy (non-hydrogen) atoms. The van der Waals surface area contributed by atoms with Crippen LogP contribution in [-0.2, 0) is 11.2 Å². The standard InChI is InChI=1S/C15H18N4O2/c1-10-8-11(10)9-17-13(20)5-6-14-18-15(19-21-14)12-4-2-3-7-16-12/h2-4,7,10-11H,5-6,8-9H2,1H3,(H,17,20)/t10-,11-/m1/s1. The van der Waals surface area contributed by atoms with Crippen LogP contribution in [0.3, 0.4) is 0 Å². The minimum absolute atomic E-state index is 0.0340. The smallest absolute Gasteiger partial charge is 0.227 e. The maximum Gasteiger partial charge on any atom is 0.227 e. The van der Waals surface area contributed by atoms with Gasteiger partial charge < -0.3 is 9.84 Å². The molecule has 2 atom stereocenters. The highest BCUT2D eigenvalue weighted by atomic mass is 16.5. The zero-order valence-corrected chi connectivity index (χ0v) is 12.0. The Hall–Kier alpha value is -2.24. The van der Waals surface area contributed by atoms with E-state index in [1.54, 1.807) is 6.20 Å². The van der Waals surface area contributed by atoms with Gasteiger partial charge in [0.2, 0.25) is 17.6 Å². The normalized spacial score (nSPS) is 20.2. The van der Waals surface area contributed by atoms with Gasteiger partial charge in [0.15, 0.2) is 0 Å². The molecule has 1 aliphatic rings. The van der Waals surface area contributed by atoms with E-state index < -0.39 is 0 Å². The number of rotatable bonds is 6. The molecule has 2 heterocycles. The van der Waals surface area contributed by atoms with Crippen LogP contribution in [0.1, 0.15) is 25.7 Å². The number of amides is 1. The molecule has 110 valence electrons. The zero-order chi connectivity index (χ0) is 14.7. The van der Waals surface area contributed by atoms with Gasteiger partial charge >= 0.3 is 0 Å². The lowest BCUT2D eigenvalue weighted by molar-refractivity contribution is -0.121. The molecule has 1 saturated carbocycles. The highest BCUT2D eigenvalue weighted by Gasteiger charge is 2.32. The summed E-state index contributed by atoms with van der Waals surface area (Å²) in [5.41, 5.74) is 0.666. The van der Waals surface area contributed by atoms with E-state index in [0.717, 1.165) is 12.5 Å². The van der Waals surface area contributed by atoms with Gasteiger partial charge in [-0.2, -0.15) is 4.98 Å². The van der Waals surface area contributed by atoms with Crippen molar-refractivity contribution in [3.8, 4) is 11.5 Å². The van der Waals surface area contributed by atoms with Crippen molar-refractivity contribution < 1.29 is 9.32 Å². The Morgan fingerprint density at radius 1 is 1.48 bits per heavy atom. The van der Waals surface area contributed by atoms with Crippen LogP contribution in [0.5, 0.6) is 0 Å². The molecular weight excluding hydrogens is 268 g/mol. The number of nitrogens with zero attached hydrogens (tertiary/aromatic N) is 3. The number of hydrogen-bond acceptors (Lipinski definition) is 5. The maximum absolute atomic E-state index is 11.7. The summed E-state index contributed by atoms with van der Waals surface area (Å²) in [5, 5.41) is 6.82. The van der Waals surface area contributed by atoms with Crippen molar-refractivity contribution in [1.82, 2.24) is 20.4 Å². The predicted molar refractivity (Wildman–Crippen MR) is 76.1 cm³/mol. The topological polar surface area (TPSA) is 80.9 Å². The Balaban J connectivity index is 1.47. The molecule has 0 aliphatic heterocycles. The fourth-order valence-corrected chi connectivity index (χ4v) is 2.19. The molecule has 0 spiro atoms. The van der Waals surface area contributed by atoms with Gasteiger partial charge in [0.05, 0.1) is 0 Å². The SMILES string of the molecule is C[C@@H]1C[C@@H]1CNC(=O)CCc1nc(-c2ccccn2)no1. The van der Waals surface area contributed by atoms with Crippen LogP contribution >= 0.6 is 0 Å². The molecule has 0 aromatic carbocycles. The highest BCUT2D eigenvalue weighted by Crippen LogP contribution is 2.36. The van der Waals surface area contributed by atoms with E-state index in [1.165, 1.54) is 6.42 Å². The van der Waals surface area contributed by atoms with Gasteiger partial charge in [0.25, 0.3) is 0 Å². The molecule has 0 unspecified atom stereocenters. The predicted octanol–water partition coefficient (Wildman–Crippen LogP) is 1.84. The van der Waals surface area contributed by atoms with Gasteiger partial charge in [-0.15, -0.1) is 0 Å². The van der Waals surface area contributed by atoms with Crippen molar-refractivity contribution in [3.05, 3.63) is 30.3 Å². The van der Waals surface area contributed by atoms with E-state index >= 15 is 0 Å². The van der Waals surface area contributed by atoms with Gasteiger partial charge in [0, 0.05) is 25.6 Å². The summed E-state index contributed by atoms with van der Waals surface area (Å²) in [7, 11) is 0. The number of carbonyl (C=O) groups is 1. The summed E-state index contributed by atoms with van der Waals surface area (Å²) < 4.78 is 5.14. The summed E-state index contributed by atoms with van der Waals surface area (Å²) >= 11 is 0. The van der Waals surface area contributed by atoms with Crippen molar-refractivity contribution >= 4 is 5.91 Å². The first-order chi connectivity index (χ1) is 10.2. The molecule has 1 N–H and O–H groups in total. The number of nitrogens with one attached hydrogen (secondary N) is 1. The largest absolute Gasteiger partial charge is 0.356 e. The number of aromatic nitrogens is 3. The van der Waals surface area contributed by atoms with Crippen molar-refractivity contribution in [3.63, 3.8) is 0 Å². The quantitative estimate of drug-likeness (QED) is 0.876. The molecule has 1 aliphatic carbocycles. The first-order valence-corrected chi connectivity index (χ1v) is 7.23. The van der Waals surface area contributed by atoms with E-state index in [1.807, 2.05) is 18.2 Å². The van der Waals surface area contributed by atoms with E-state index in [0.29, 0.717) is 36.2 Å². The minimum atomic E-state index is 0.0340. The third-order valence-electron chi connectivity index (χ3n) is 3.77. The molecule has 3 rings (SSSR count). The summed E-state index contributed by atoms with van der Waals surface area (Å²) in [6.45, 7) is 2.98. The van der Waals surface area contributed by atoms with Crippen LogP contribution in [0.2, 0.25) is 0 Å². The van der Waals surface area contributed by atoms with E-state index in [9.17, 15) is 4.79 Å². The molecule has 2 aromatic heterocycles. The van der Waals surface area contributed by atoms with Gasteiger partial charge in [-0.1, -0.05) is 18.1 Å². The van der Waals surface area contributed by atoms with Crippen LogP contribution in [0.25, 0.3) is 11.5 Å². The summed E-state index contributed by atoms with van der Waals surface area (Å²) in [5.74, 6) is 2.37. The lowest BCUT2D eigenvalue weighted by Gasteiger charge is -2.02. The van der Waals surface area contributed by atoms with Crippen LogP contribution < -0.4 is 5.32 Å². The number of hydrogen-bond donors (Lipinski definition) is 1. The Morgan fingerprint density at radius 3 is 3.05 bits per heavy atom. The van der Waals surface area contributed by atoms with Gasteiger partial charge in [0.1, 0.15) is 5.69 Å². The van der Waals surface area contributed by atoms with Gasteiger partial charge in [-0.25, -0.2) is 0 Å². The Bertz CT molecular complexity index is 611. The van der Waals surface area contributed by atoms with E-state index in [-0.39, 0.29) is 5.91 Å². The average Bonchev–Trinajstić information content (AvgIpc) is 3.02. The summed E-state index contributed by atoms with van der Waals surface area (Å²) in [6, 6.07) is 5.51. The Morgan fingerprint density at radius 2 is 2.33 bits per heavy atom. The molecular formula is C15H18N4O2. The second kappa shape index (κ2) is 6.03. The molecule has 0 radical (unpaired) electrons. The highest BCUT2D eigenvalue weighted by molar-refractivity contribution is 5.76. The third-order valence-corrected chi connectivity index (χ3v) is 3.77. The molecule has 0 bridgehead atoms. The molecule has 6 nitrogen and oxygen atoms in total. The Kier molecular flexibility index (Phi) is 3.94. The average molecular weight is 286 g/mol. The molecule has 1 amide bonds. The van der Waals surface area contributed by atoms with Crippen molar-refractivity contribution in [2.45, 2.75) is 26.2 Å². The molecule has 1 fully saturated rings. The van der Waals surface area contributed by atoms with E-state index in [2.05, 4.69) is 27.4 Å². The van der Waals surface area contributed by atoms with Crippen LogP contribution in [-0.4, -0.2) is 27.6 Å². The lowest BCUT2D eigenvalue weighted by Crippen LogP contribution is -2.26. The fraction of sp³-hybridized carbons (Fsp3) is 0.467. The maximum atomic E-state index is 11.7. The minimum Gasteiger partial charge on any atom is -0.356 e. The van der Waals surface area contributed by atoms with Crippen molar-refractivity contribution in [2.75, 3.05) is 6.54 Å². The second-order valence-electron chi connectivity index (χ2n) is 5.50. The van der Waals surface area contributed by atoms with Crippen LogP contribution in [0.4, 0.5) is 0 Å². The fourth-order valence-electron chi connectivity index (χ4n) is 2.19. The molecule has 2 aromatic rings. The van der Waals surface area contributed by atoms with Gasteiger partial charge in [-0.05, 0) is 30.4 Å². The lowest BCUT2D eigenvalue weighted by atomic mass is 10.2. The monoisotopic (exact) mass is 286 g/mol. The third kappa shape index (κ3) is 3.65. The molecule has 6 heteroatoms. The second-order valence-corrected chi connectivity index (χ2v) is 5.50. The van der Waals surface area contributed by atoms with Crippen LogP contribution in [0.15, 0.2) is 28.9 Å². The number of pyridine rings is 1. The van der Waals surface area contributed by atoms with Crippen molar-refractivity contribution in [1.29, 1.82) is 0 Å². The van der Waals surface area contributed by atoms with Crippen LogP contribution in [0, 0.1) is 11.8 Å². The Labute approximate surface area is 123 Å². The zero-order valence-electron chi connectivity index (χ0n) is 12.0. The summed E-state index contributed by atoms with van der Waals surface area (Å²) in [6.07, 6.45) is 3.71. The number of carbonyl (C=O) groups excluding carboxylic acids is 1. The summed E-state index contributed by atoms with van der Waals surface area (Å²) in [4.78, 5) is 20.1. The number of aryl methyl sites for hydroxylation is 1. The first kappa shape index (κ1) is 13.7. The molecule has 0 saturated heterocycles. The van der Waals surface area contributed by atoms with Crippen molar-refractivity contribution in [2.24, 2.45) is 11.8 Å².